The van der Waals surface area contributed by atoms with Crippen molar-refractivity contribution in [2.75, 3.05) is 32.2 Å². The maximum absolute atomic E-state index is 12.6. The van der Waals surface area contributed by atoms with Crippen LogP contribution in [0, 0.1) is 6.92 Å². The number of methoxy groups -OCH3 is 1. The van der Waals surface area contributed by atoms with Gasteiger partial charge in [0.05, 0.1) is 25.1 Å². The molecule has 3 rings (SSSR count). The van der Waals surface area contributed by atoms with Gasteiger partial charge in [0, 0.05) is 20.1 Å². The fourth-order valence-electron chi connectivity index (χ4n) is 2.50. The molecule has 1 aliphatic heterocycles. The lowest BCUT2D eigenvalue weighted by molar-refractivity contribution is 0.101. The highest BCUT2D eigenvalue weighted by molar-refractivity contribution is 6.06. The number of aryl methyl sites for hydroxylation is 2. The summed E-state index contributed by atoms with van der Waals surface area (Å²) in [6.45, 7) is 4.22. The van der Waals surface area contributed by atoms with Crippen LogP contribution in [0.2, 0.25) is 0 Å². The van der Waals surface area contributed by atoms with Crippen LogP contribution < -0.4 is 14.8 Å². The van der Waals surface area contributed by atoms with E-state index in [4.69, 9.17) is 14.2 Å². The molecule has 0 spiro atoms. The number of ether oxygens (including phenoxy) is 3. The zero-order valence-electron chi connectivity index (χ0n) is 13.9. The minimum atomic E-state index is -0.265. The molecule has 0 unspecified atom stereocenters. The van der Waals surface area contributed by atoms with Gasteiger partial charge in [-0.3, -0.25) is 4.79 Å². The van der Waals surface area contributed by atoms with Gasteiger partial charge in [-0.1, -0.05) is 6.07 Å². The third-order valence-electron chi connectivity index (χ3n) is 3.72. The number of anilines is 1. The number of carbonyl (C=O) groups excluding carboxylic acids is 1. The topological polar surface area (TPSA) is 74.6 Å². The number of amides is 1. The predicted molar refractivity (Wildman–Crippen MR) is 88.8 cm³/mol. The van der Waals surface area contributed by atoms with Crippen molar-refractivity contribution in [2.45, 2.75) is 19.9 Å². The number of hydrogen-bond donors (Lipinski definition) is 1. The monoisotopic (exact) mass is 331 g/mol. The highest BCUT2D eigenvalue weighted by Crippen LogP contribution is 2.28. The standard InChI is InChI=1S/C17H21N3O4/c1-12-4-5-14(15(10-12)23-9-8-22-2)19-16(21)13-11-18-20-6-3-7-24-17(13)20/h4-5,10-11H,3,6-9H2,1-2H3,(H,19,21). The number of hydrogen-bond acceptors (Lipinski definition) is 5. The van der Waals surface area contributed by atoms with Crippen molar-refractivity contribution in [2.24, 2.45) is 0 Å². The van der Waals surface area contributed by atoms with Crippen molar-refractivity contribution in [3.8, 4) is 11.6 Å². The first-order chi connectivity index (χ1) is 11.7. The van der Waals surface area contributed by atoms with Crippen LogP contribution in [0.15, 0.2) is 24.4 Å². The molecule has 0 atom stereocenters. The first-order valence-corrected chi connectivity index (χ1v) is 7.91. The average molecular weight is 331 g/mol. The predicted octanol–water partition coefficient (Wildman–Crippen LogP) is 2.25. The Morgan fingerprint density at radius 2 is 2.29 bits per heavy atom. The van der Waals surface area contributed by atoms with Gasteiger partial charge >= 0.3 is 0 Å². The number of benzene rings is 1. The van der Waals surface area contributed by atoms with E-state index in [1.807, 2.05) is 25.1 Å². The summed E-state index contributed by atoms with van der Waals surface area (Å²) in [5.74, 6) is 0.869. The summed E-state index contributed by atoms with van der Waals surface area (Å²) in [5.41, 5.74) is 2.09. The summed E-state index contributed by atoms with van der Waals surface area (Å²) in [5, 5.41) is 7.08. The zero-order chi connectivity index (χ0) is 16.9. The molecule has 1 aromatic carbocycles. The molecule has 1 aliphatic rings. The molecule has 0 radical (unpaired) electrons. The van der Waals surface area contributed by atoms with E-state index in [0.717, 1.165) is 18.5 Å². The Hall–Kier alpha value is -2.54. The molecule has 7 nitrogen and oxygen atoms in total. The first kappa shape index (κ1) is 16.3. The van der Waals surface area contributed by atoms with E-state index in [2.05, 4.69) is 10.4 Å². The van der Waals surface area contributed by atoms with E-state index in [-0.39, 0.29) is 5.91 Å². The molecule has 1 aromatic heterocycles. The lowest BCUT2D eigenvalue weighted by atomic mass is 10.2. The van der Waals surface area contributed by atoms with Gasteiger partial charge in [-0.15, -0.1) is 0 Å². The van der Waals surface area contributed by atoms with Gasteiger partial charge in [-0.2, -0.15) is 5.10 Å². The SMILES string of the molecule is COCCOc1cc(C)ccc1NC(=O)c1cnn2c1OCCC2. The summed E-state index contributed by atoms with van der Waals surface area (Å²) in [6.07, 6.45) is 2.43. The number of rotatable bonds is 6. The zero-order valence-corrected chi connectivity index (χ0v) is 13.9. The van der Waals surface area contributed by atoms with E-state index >= 15 is 0 Å². The Morgan fingerprint density at radius 3 is 3.12 bits per heavy atom. The summed E-state index contributed by atoms with van der Waals surface area (Å²) in [4.78, 5) is 12.6. The highest BCUT2D eigenvalue weighted by Gasteiger charge is 2.22. The smallest absolute Gasteiger partial charge is 0.262 e. The Balaban J connectivity index is 1.77. The number of carbonyl (C=O) groups is 1. The summed E-state index contributed by atoms with van der Waals surface area (Å²) < 4.78 is 18.0. The van der Waals surface area contributed by atoms with Crippen LogP contribution in [0.4, 0.5) is 5.69 Å². The van der Waals surface area contributed by atoms with Crippen molar-refractivity contribution >= 4 is 11.6 Å². The van der Waals surface area contributed by atoms with Crippen LogP contribution in [0.5, 0.6) is 11.6 Å². The molecule has 0 saturated heterocycles. The number of fused-ring (bicyclic) bond motifs is 1. The van der Waals surface area contributed by atoms with Crippen LogP contribution in [0.1, 0.15) is 22.3 Å². The van der Waals surface area contributed by atoms with Crippen molar-refractivity contribution in [3.63, 3.8) is 0 Å². The van der Waals surface area contributed by atoms with E-state index in [9.17, 15) is 4.79 Å². The second-order valence-corrected chi connectivity index (χ2v) is 5.58. The number of nitrogens with one attached hydrogen (secondary N) is 1. The lowest BCUT2D eigenvalue weighted by Gasteiger charge is -2.16. The Morgan fingerprint density at radius 1 is 1.42 bits per heavy atom. The van der Waals surface area contributed by atoms with Crippen molar-refractivity contribution in [1.29, 1.82) is 0 Å². The fraction of sp³-hybridized carbons (Fsp3) is 0.412. The van der Waals surface area contributed by atoms with Gasteiger partial charge in [0.25, 0.3) is 5.91 Å². The molecule has 2 aromatic rings. The highest BCUT2D eigenvalue weighted by atomic mass is 16.5. The van der Waals surface area contributed by atoms with Crippen LogP contribution in [-0.2, 0) is 11.3 Å². The van der Waals surface area contributed by atoms with E-state index in [1.165, 1.54) is 6.20 Å². The third-order valence-corrected chi connectivity index (χ3v) is 3.72. The van der Waals surface area contributed by atoms with E-state index in [1.54, 1.807) is 11.8 Å². The molecular formula is C17H21N3O4. The first-order valence-electron chi connectivity index (χ1n) is 7.91. The number of aromatic nitrogens is 2. The molecule has 2 heterocycles. The van der Waals surface area contributed by atoms with Crippen molar-refractivity contribution < 1.29 is 19.0 Å². The second-order valence-electron chi connectivity index (χ2n) is 5.58. The minimum Gasteiger partial charge on any atom is -0.489 e. The van der Waals surface area contributed by atoms with E-state index in [0.29, 0.717) is 42.7 Å². The van der Waals surface area contributed by atoms with Gasteiger partial charge in [0.2, 0.25) is 5.88 Å². The van der Waals surface area contributed by atoms with Crippen LogP contribution in [0.3, 0.4) is 0 Å². The van der Waals surface area contributed by atoms with Crippen molar-refractivity contribution in [1.82, 2.24) is 9.78 Å². The van der Waals surface area contributed by atoms with Gasteiger partial charge in [-0.25, -0.2) is 4.68 Å². The quantitative estimate of drug-likeness (QED) is 0.822. The van der Waals surface area contributed by atoms with Gasteiger partial charge < -0.3 is 19.5 Å². The molecule has 0 bridgehead atoms. The third kappa shape index (κ3) is 3.51. The Bertz CT molecular complexity index is 727. The van der Waals surface area contributed by atoms with Gasteiger partial charge in [0.1, 0.15) is 17.9 Å². The average Bonchev–Trinajstić information content (AvgIpc) is 3.01. The van der Waals surface area contributed by atoms with Crippen LogP contribution >= 0.6 is 0 Å². The summed E-state index contributed by atoms with van der Waals surface area (Å²) in [7, 11) is 1.62. The van der Waals surface area contributed by atoms with Crippen molar-refractivity contribution in [3.05, 3.63) is 35.5 Å². The Labute approximate surface area is 140 Å². The molecule has 128 valence electrons. The van der Waals surface area contributed by atoms with Gasteiger partial charge in [0.15, 0.2) is 0 Å². The number of nitrogens with zero attached hydrogens (tertiary/aromatic N) is 2. The Kier molecular flexibility index (Phi) is 5.00. The van der Waals surface area contributed by atoms with Gasteiger partial charge in [-0.05, 0) is 24.6 Å². The van der Waals surface area contributed by atoms with E-state index < -0.39 is 0 Å². The van der Waals surface area contributed by atoms with Crippen LogP contribution in [0.25, 0.3) is 0 Å². The summed E-state index contributed by atoms with van der Waals surface area (Å²) in [6, 6.07) is 5.63. The molecule has 7 heteroatoms. The molecular weight excluding hydrogens is 310 g/mol. The lowest BCUT2D eigenvalue weighted by Crippen LogP contribution is -2.19. The maximum atomic E-state index is 12.6. The molecule has 0 saturated carbocycles. The van der Waals surface area contributed by atoms with Crippen LogP contribution in [-0.4, -0.2) is 42.6 Å². The maximum Gasteiger partial charge on any atom is 0.262 e. The normalized spacial score (nSPS) is 13.1. The second kappa shape index (κ2) is 7.35. The minimum absolute atomic E-state index is 0.265. The molecule has 1 N–H and O–H groups in total. The molecule has 0 fully saturated rings. The molecule has 0 aliphatic carbocycles. The summed E-state index contributed by atoms with van der Waals surface area (Å²) >= 11 is 0. The largest absolute Gasteiger partial charge is 0.489 e. The fourth-order valence-corrected chi connectivity index (χ4v) is 2.50. The molecule has 24 heavy (non-hydrogen) atoms. The molecule has 1 amide bonds.